The molecule has 0 aliphatic heterocycles. The summed E-state index contributed by atoms with van der Waals surface area (Å²) in [5, 5.41) is 7.50. The minimum Gasteiger partial charge on any atom is -0.322 e. The number of nitrogens with one attached hydrogen (secondary N) is 1. The van der Waals surface area contributed by atoms with Crippen molar-refractivity contribution >= 4 is 11.6 Å². The summed E-state index contributed by atoms with van der Waals surface area (Å²) < 4.78 is 3.69. The lowest BCUT2D eigenvalue weighted by atomic mass is 10.1. The van der Waals surface area contributed by atoms with Gasteiger partial charge in [-0.1, -0.05) is 23.8 Å². The molecule has 0 aliphatic rings. The Morgan fingerprint density at radius 1 is 0.929 bits per heavy atom. The second kappa shape index (κ2) is 7.19. The van der Waals surface area contributed by atoms with E-state index in [-0.39, 0.29) is 5.91 Å². The molecule has 4 aromatic rings. The first-order valence-corrected chi connectivity index (χ1v) is 9.20. The maximum atomic E-state index is 13.0. The zero-order chi connectivity index (χ0) is 19.7. The van der Waals surface area contributed by atoms with Gasteiger partial charge in [0, 0.05) is 18.1 Å². The molecule has 5 nitrogen and oxygen atoms in total. The summed E-state index contributed by atoms with van der Waals surface area (Å²) in [6.45, 7) is 6.13. The summed E-state index contributed by atoms with van der Waals surface area (Å²) in [5.41, 5.74) is 5.69. The van der Waals surface area contributed by atoms with Gasteiger partial charge in [-0.15, -0.1) is 0 Å². The fourth-order valence-corrected chi connectivity index (χ4v) is 3.12. The van der Waals surface area contributed by atoms with Crippen LogP contribution in [-0.2, 0) is 0 Å². The quantitative estimate of drug-likeness (QED) is 0.559. The Bertz CT molecular complexity index is 1120. The molecule has 5 heteroatoms. The number of hydrogen-bond acceptors (Lipinski definition) is 2. The van der Waals surface area contributed by atoms with Gasteiger partial charge in [0.1, 0.15) is 5.56 Å². The molecule has 0 atom stereocenters. The van der Waals surface area contributed by atoms with Crippen LogP contribution in [0.4, 0.5) is 5.69 Å². The van der Waals surface area contributed by atoms with Crippen molar-refractivity contribution < 1.29 is 4.79 Å². The number of anilines is 1. The molecule has 0 bridgehead atoms. The molecule has 2 aromatic heterocycles. The molecule has 140 valence electrons. The van der Waals surface area contributed by atoms with Gasteiger partial charge >= 0.3 is 0 Å². The fourth-order valence-electron chi connectivity index (χ4n) is 3.12. The van der Waals surface area contributed by atoms with E-state index in [1.807, 2.05) is 85.4 Å². The molecule has 0 fully saturated rings. The standard InChI is InChI=1S/C23H22N4O/c1-16-6-10-20(11-7-16)27-23(26-12-4-5-13-26)21(15-24-27)22(28)25-19-9-8-17(2)18(3)14-19/h4-15H,1-3H3,(H,25,28). The normalized spacial score (nSPS) is 10.8. The summed E-state index contributed by atoms with van der Waals surface area (Å²) in [4.78, 5) is 13.0. The monoisotopic (exact) mass is 370 g/mol. The Labute approximate surface area is 164 Å². The molecule has 0 saturated heterocycles. The van der Waals surface area contributed by atoms with Gasteiger partial charge in [0.05, 0.1) is 11.9 Å². The maximum Gasteiger partial charge on any atom is 0.261 e. The lowest BCUT2D eigenvalue weighted by molar-refractivity contribution is 0.102. The topological polar surface area (TPSA) is 51.9 Å². The number of aromatic nitrogens is 3. The predicted octanol–water partition coefficient (Wildman–Crippen LogP) is 4.84. The molecule has 4 rings (SSSR count). The van der Waals surface area contributed by atoms with Gasteiger partial charge in [-0.05, 0) is 68.3 Å². The van der Waals surface area contributed by atoms with Gasteiger partial charge in [-0.25, -0.2) is 4.68 Å². The van der Waals surface area contributed by atoms with Crippen molar-refractivity contribution in [3.63, 3.8) is 0 Å². The van der Waals surface area contributed by atoms with Crippen LogP contribution in [0, 0.1) is 20.8 Å². The first kappa shape index (κ1) is 17.8. The third-order valence-corrected chi connectivity index (χ3v) is 4.88. The minimum absolute atomic E-state index is 0.190. The van der Waals surface area contributed by atoms with E-state index in [2.05, 4.69) is 17.3 Å². The van der Waals surface area contributed by atoms with Crippen molar-refractivity contribution in [3.05, 3.63) is 95.4 Å². The van der Waals surface area contributed by atoms with Crippen molar-refractivity contribution in [2.24, 2.45) is 0 Å². The van der Waals surface area contributed by atoms with E-state index < -0.39 is 0 Å². The van der Waals surface area contributed by atoms with Crippen LogP contribution in [0.3, 0.4) is 0 Å². The minimum atomic E-state index is -0.190. The Morgan fingerprint density at radius 3 is 2.32 bits per heavy atom. The third-order valence-electron chi connectivity index (χ3n) is 4.88. The zero-order valence-electron chi connectivity index (χ0n) is 16.2. The van der Waals surface area contributed by atoms with E-state index in [4.69, 9.17) is 0 Å². The fraction of sp³-hybridized carbons (Fsp3) is 0.130. The highest BCUT2D eigenvalue weighted by atomic mass is 16.1. The van der Waals surface area contributed by atoms with Gasteiger partial charge in [0.25, 0.3) is 5.91 Å². The zero-order valence-corrected chi connectivity index (χ0v) is 16.2. The van der Waals surface area contributed by atoms with Gasteiger partial charge in [-0.2, -0.15) is 5.10 Å². The van der Waals surface area contributed by atoms with Gasteiger partial charge in [0.15, 0.2) is 5.82 Å². The maximum absolute atomic E-state index is 13.0. The van der Waals surface area contributed by atoms with Crippen LogP contribution in [0.1, 0.15) is 27.0 Å². The highest BCUT2D eigenvalue weighted by Crippen LogP contribution is 2.22. The number of rotatable bonds is 4. The van der Waals surface area contributed by atoms with Crippen LogP contribution in [-0.4, -0.2) is 20.3 Å². The Hall–Kier alpha value is -3.60. The number of hydrogen-bond donors (Lipinski definition) is 1. The molecule has 0 aliphatic carbocycles. The average Bonchev–Trinajstić information content (AvgIpc) is 3.34. The lowest BCUT2D eigenvalue weighted by Crippen LogP contribution is -2.15. The first-order valence-electron chi connectivity index (χ1n) is 9.20. The second-order valence-corrected chi connectivity index (χ2v) is 6.97. The molecule has 2 heterocycles. The summed E-state index contributed by atoms with van der Waals surface area (Å²) in [7, 11) is 0. The summed E-state index contributed by atoms with van der Waals surface area (Å²) in [6.07, 6.45) is 5.44. The molecule has 0 saturated carbocycles. The highest BCUT2D eigenvalue weighted by Gasteiger charge is 2.20. The number of amides is 1. The molecular weight excluding hydrogens is 348 g/mol. The largest absolute Gasteiger partial charge is 0.322 e. The van der Waals surface area contributed by atoms with Crippen molar-refractivity contribution in [1.82, 2.24) is 14.3 Å². The Kier molecular flexibility index (Phi) is 4.57. The van der Waals surface area contributed by atoms with Crippen LogP contribution in [0.25, 0.3) is 11.5 Å². The molecular formula is C23H22N4O. The molecule has 1 N–H and O–H groups in total. The lowest BCUT2D eigenvalue weighted by Gasteiger charge is -2.12. The van der Waals surface area contributed by atoms with Gasteiger partial charge in [0.2, 0.25) is 0 Å². The van der Waals surface area contributed by atoms with Crippen LogP contribution >= 0.6 is 0 Å². The number of benzene rings is 2. The number of nitrogens with zero attached hydrogens (tertiary/aromatic N) is 3. The van der Waals surface area contributed by atoms with Crippen LogP contribution < -0.4 is 5.32 Å². The van der Waals surface area contributed by atoms with Crippen molar-refractivity contribution in [1.29, 1.82) is 0 Å². The smallest absolute Gasteiger partial charge is 0.261 e. The van der Waals surface area contributed by atoms with Crippen molar-refractivity contribution in [2.45, 2.75) is 20.8 Å². The average molecular weight is 370 g/mol. The van der Waals surface area contributed by atoms with E-state index in [9.17, 15) is 4.79 Å². The van der Waals surface area contributed by atoms with E-state index in [0.29, 0.717) is 11.4 Å². The number of aryl methyl sites for hydroxylation is 3. The van der Waals surface area contributed by atoms with E-state index in [1.54, 1.807) is 10.9 Å². The van der Waals surface area contributed by atoms with E-state index in [1.165, 1.54) is 11.1 Å². The van der Waals surface area contributed by atoms with Gasteiger partial charge in [-0.3, -0.25) is 4.79 Å². The van der Waals surface area contributed by atoms with Crippen LogP contribution in [0.2, 0.25) is 0 Å². The Morgan fingerprint density at radius 2 is 1.64 bits per heavy atom. The molecule has 0 spiro atoms. The third kappa shape index (κ3) is 3.34. The summed E-state index contributed by atoms with van der Waals surface area (Å²) >= 11 is 0. The van der Waals surface area contributed by atoms with Crippen molar-refractivity contribution in [2.75, 3.05) is 5.32 Å². The van der Waals surface area contributed by atoms with E-state index in [0.717, 1.165) is 16.9 Å². The van der Waals surface area contributed by atoms with Gasteiger partial charge < -0.3 is 9.88 Å². The molecule has 2 aromatic carbocycles. The number of carbonyl (C=O) groups excluding carboxylic acids is 1. The number of carbonyl (C=O) groups is 1. The second-order valence-electron chi connectivity index (χ2n) is 6.97. The van der Waals surface area contributed by atoms with Crippen LogP contribution in [0.5, 0.6) is 0 Å². The molecule has 28 heavy (non-hydrogen) atoms. The van der Waals surface area contributed by atoms with E-state index >= 15 is 0 Å². The van der Waals surface area contributed by atoms with Crippen molar-refractivity contribution in [3.8, 4) is 11.5 Å². The molecule has 0 radical (unpaired) electrons. The summed E-state index contributed by atoms with van der Waals surface area (Å²) in [5.74, 6) is 0.514. The highest BCUT2D eigenvalue weighted by molar-refractivity contribution is 6.06. The Balaban J connectivity index is 1.75. The SMILES string of the molecule is Cc1ccc(-n2ncc(C(=O)Nc3ccc(C)c(C)c3)c2-n2cccc2)cc1. The molecule has 0 unspecified atom stereocenters. The first-order chi connectivity index (χ1) is 13.5. The predicted molar refractivity (Wildman–Crippen MR) is 111 cm³/mol. The van der Waals surface area contributed by atoms with Crippen LogP contribution in [0.15, 0.2) is 73.2 Å². The summed E-state index contributed by atoms with van der Waals surface area (Å²) in [6, 6.07) is 17.8. The molecule has 1 amide bonds.